The van der Waals surface area contributed by atoms with Crippen LogP contribution in [0.4, 0.5) is 8.78 Å². The quantitative estimate of drug-likeness (QED) is 0.584. The van der Waals surface area contributed by atoms with Crippen LogP contribution in [0.15, 0.2) is 60.1 Å². The predicted molar refractivity (Wildman–Crippen MR) is 96.0 cm³/mol. The zero-order chi connectivity index (χ0) is 18.1. The fourth-order valence-electron chi connectivity index (χ4n) is 2.70. The molecule has 4 rings (SSSR count). The van der Waals surface area contributed by atoms with E-state index in [9.17, 15) is 13.6 Å². The standard InChI is InChI=1S/C19H13F2N3OS/c20-14-5-1-12(2-6-14)11-22-18(25)16-17(13-3-7-15(21)8-4-13)24-9-10-26-19(24)23-16/h1-10H,11H2,(H,22,25). The minimum Gasteiger partial charge on any atom is -0.347 e. The highest BCUT2D eigenvalue weighted by atomic mass is 32.1. The Morgan fingerprint density at radius 3 is 2.38 bits per heavy atom. The molecule has 0 unspecified atom stereocenters. The first-order valence-electron chi connectivity index (χ1n) is 7.86. The summed E-state index contributed by atoms with van der Waals surface area (Å²) in [5.74, 6) is -1.01. The van der Waals surface area contributed by atoms with E-state index in [2.05, 4.69) is 10.3 Å². The summed E-state index contributed by atoms with van der Waals surface area (Å²) in [5.41, 5.74) is 2.36. The summed E-state index contributed by atoms with van der Waals surface area (Å²) in [7, 11) is 0. The average molecular weight is 369 g/mol. The number of fused-ring (bicyclic) bond motifs is 1. The molecule has 2 aromatic heterocycles. The van der Waals surface area contributed by atoms with Crippen LogP contribution in [0, 0.1) is 11.6 Å². The Kier molecular flexibility index (Phi) is 4.22. The van der Waals surface area contributed by atoms with Crippen LogP contribution in [0.5, 0.6) is 0 Å². The number of aromatic nitrogens is 2. The molecule has 130 valence electrons. The van der Waals surface area contributed by atoms with Crippen molar-refractivity contribution in [1.29, 1.82) is 0 Å². The van der Waals surface area contributed by atoms with Crippen molar-refractivity contribution in [3.05, 3.63) is 83.0 Å². The fourth-order valence-corrected chi connectivity index (χ4v) is 3.41. The molecule has 0 atom stereocenters. The number of hydrogen-bond donors (Lipinski definition) is 1. The van der Waals surface area contributed by atoms with Gasteiger partial charge in [0.05, 0.1) is 5.69 Å². The van der Waals surface area contributed by atoms with E-state index in [0.717, 1.165) is 5.56 Å². The second-order valence-corrected chi connectivity index (χ2v) is 6.55. The van der Waals surface area contributed by atoms with Gasteiger partial charge in [-0.05, 0) is 42.0 Å². The molecule has 0 bridgehead atoms. The molecule has 0 spiro atoms. The highest BCUT2D eigenvalue weighted by Gasteiger charge is 2.21. The van der Waals surface area contributed by atoms with Crippen LogP contribution < -0.4 is 5.32 Å². The van der Waals surface area contributed by atoms with E-state index in [1.54, 1.807) is 24.3 Å². The summed E-state index contributed by atoms with van der Waals surface area (Å²) in [5, 5.41) is 4.67. The molecule has 0 aliphatic rings. The topological polar surface area (TPSA) is 46.4 Å². The van der Waals surface area contributed by atoms with Crippen molar-refractivity contribution < 1.29 is 13.6 Å². The molecule has 4 aromatic rings. The maximum Gasteiger partial charge on any atom is 0.272 e. The Bertz CT molecular complexity index is 1070. The Balaban J connectivity index is 1.66. The minimum atomic E-state index is -0.345. The monoisotopic (exact) mass is 369 g/mol. The molecule has 0 saturated carbocycles. The lowest BCUT2D eigenvalue weighted by atomic mass is 10.1. The number of amides is 1. The highest BCUT2D eigenvalue weighted by Crippen LogP contribution is 2.27. The SMILES string of the molecule is O=C(NCc1ccc(F)cc1)c1nc2sccn2c1-c1ccc(F)cc1. The minimum absolute atomic E-state index is 0.257. The number of benzene rings is 2. The number of imidazole rings is 1. The van der Waals surface area contributed by atoms with E-state index in [1.807, 2.05) is 16.0 Å². The largest absolute Gasteiger partial charge is 0.347 e. The van der Waals surface area contributed by atoms with Crippen LogP contribution in [0.2, 0.25) is 0 Å². The van der Waals surface area contributed by atoms with Crippen molar-refractivity contribution in [2.45, 2.75) is 6.54 Å². The van der Waals surface area contributed by atoms with Gasteiger partial charge in [-0.25, -0.2) is 13.8 Å². The van der Waals surface area contributed by atoms with Crippen molar-refractivity contribution in [2.24, 2.45) is 0 Å². The number of halogens is 2. The van der Waals surface area contributed by atoms with E-state index >= 15 is 0 Å². The van der Waals surface area contributed by atoms with Gasteiger partial charge >= 0.3 is 0 Å². The predicted octanol–water partition coefficient (Wildman–Crippen LogP) is 4.27. The lowest BCUT2D eigenvalue weighted by Gasteiger charge is -2.07. The third-order valence-electron chi connectivity index (χ3n) is 3.96. The van der Waals surface area contributed by atoms with Gasteiger partial charge in [0.25, 0.3) is 5.91 Å². The van der Waals surface area contributed by atoms with Gasteiger partial charge in [-0.2, -0.15) is 0 Å². The number of carbonyl (C=O) groups excluding carboxylic acids is 1. The number of thiazole rings is 1. The van der Waals surface area contributed by atoms with Gasteiger partial charge in [0.2, 0.25) is 0 Å². The van der Waals surface area contributed by atoms with E-state index in [4.69, 9.17) is 0 Å². The van der Waals surface area contributed by atoms with E-state index in [-0.39, 0.29) is 29.8 Å². The van der Waals surface area contributed by atoms with Crippen molar-refractivity contribution in [1.82, 2.24) is 14.7 Å². The molecule has 4 nitrogen and oxygen atoms in total. The normalized spacial score (nSPS) is 11.0. The number of rotatable bonds is 4. The molecule has 2 aromatic carbocycles. The van der Waals surface area contributed by atoms with Gasteiger partial charge < -0.3 is 5.32 Å². The Hall–Kier alpha value is -3.06. The van der Waals surface area contributed by atoms with Gasteiger partial charge in [-0.15, -0.1) is 11.3 Å². The average Bonchev–Trinajstić information content (AvgIpc) is 3.23. The van der Waals surface area contributed by atoms with Crippen molar-refractivity contribution >= 4 is 22.2 Å². The van der Waals surface area contributed by atoms with Gasteiger partial charge in [0.1, 0.15) is 11.6 Å². The number of carbonyl (C=O) groups is 1. The van der Waals surface area contributed by atoms with Gasteiger partial charge in [0, 0.05) is 23.7 Å². The summed E-state index contributed by atoms with van der Waals surface area (Å²) in [6.45, 7) is 0.257. The zero-order valence-corrected chi connectivity index (χ0v) is 14.3. The molecular weight excluding hydrogens is 356 g/mol. The van der Waals surface area contributed by atoms with Crippen LogP contribution in [0.3, 0.4) is 0 Å². The molecule has 1 amide bonds. The first-order valence-corrected chi connectivity index (χ1v) is 8.74. The fraction of sp³-hybridized carbons (Fsp3) is 0.0526. The first kappa shape index (κ1) is 16.4. The van der Waals surface area contributed by atoms with Gasteiger partial charge in [-0.3, -0.25) is 9.20 Å². The molecule has 7 heteroatoms. The van der Waals surface area contributed by atoms with Crippen LogP contribution >= 0.6 is 11.3 Å². The molecule has 2 heterocycles. The molecular formula is C19H13F2N3OS. The second-order valence-electron chi connectivity index (χ2n) is 5.68. The van der Waals surface area contributed by atoms with Crippen molar-refractivity contribution in [3.63, 3.8) is 0 Å². The van der Waals surface area contributed by atoms with Crippen LogP contribution in [-0.2, 0) is 6.54 Å². The molecule has 1 N–H and O–H groups in total. The zero-order valence-electron chi connectivity index (χ0n) is 13.4. The Morgan fingerprint density at radius 1 is 1.04 bits per heavy atom. The molecule has 0 radical (unpaired) electrons. The first-order chi connectivity index (χ1) is 12.6. The van der Waals surface area contributed by atoms with Crippen LogP contribution in [0.25, 0.3) is 16.2 Å². The maximum absolute atomic E-state index is 13.3. The number of nitrogens with one attached hydrogen (secondary N) is 1. The third kappa shape index (κ3) is 3.09. The molecule has 0 aliphatic heterocycles. The lowest BCUT2D eigenvalue weighted by Crippen LogP contribution is -2.23. The Labute approximate surface area is 151 Å². The Morgan fingerprint density at radius 2 is 1.69 bits per heavy atom. The van der Waals surface area contributed by atoms with Crippen LogP contribution in [0.1, 0.15) is 16.1 Å². The van der Waals surface area contributed by atoms with E-state index in [1.165, 1.54) is 35.6 Å². The number of hydrogen-bond acceptors (Lipinski definition) is 3. The van der Waals surface area contributed by atoms with E-state index in [0.29, 0.717) is 16.2 Å². The lowest BCUT2D eigenvalue weighted by molar-refractivity contribution is 0.0947. The smallest absolute Gasteiger partial charge is 0.272 e. The van der Waals surface area contributed by atoms with Gasteiger partial charge in [-0.1, -0.05) is 12.1 Å². The summed E-state index contributed by atoms with van der Waals surface area (Å²) in [6.07, 6.45) is 1.82. The summed E-state index contributed by atoms with van der Waals surface area (Å²) in [6, 6.07) is 11.9. The van der Waals surface area contributed by atoms with Crippen molar-refractivity contribution in [2.75, 3.05) is 0 Å². The van der Waals surface area contributed by atoms with Gasteiger partial charge in [0.15, 0.2) is 10.7 Å². The van der Waals surface area contributed by atoms with Crippen molar-refractivity contribution in [3.8, 4) is 11.3 Å². The van der Waals surface area contributed by atoms with E-state index < -0.39 is 0 Å². The summed E-state index contributed by atoms with van der Waals surface area (Å²) >= 11 is 1.41. The molecule has 0 saturated heterocycles. The molecule has 0 aliphatic carbocycles. The molecule has 26 heavy (non-hydrogen) atoms. The number of nitrogens with zero attached hydrogens (tertiary/aromatic N) is 2. The second kappa shape index (κ2) is 6.68. The summed E-state index contributed by atoms with van der Waals surface area (Å²) in [4.78, 5) is 17.8. The third-order valence-corrected chi connectivity index (χ3v) is 4.72. The maximum atomic E-state index is 13.3. The summed E-state index contributed by atoms with van der Waals surface area (Å²) < 4.78 is 28.0. The van der Waals surface area contributed by atoms with Crippen LogP contribution in [-0.4, -0.2) is 15.3 Å². The highest BCUT2D eigenvalue weighted by molar-refractivity contribution is 7.15. The molecule has 0 fully saturated rings.